The van der Waals surface area contributed by atoms with E-state index in [1.807, 2.05) is 0 Å². The standard InChI is InChI=1S/C21H27O3/c1-12(22)16-6-7-17-15-5-4-13-10-14(23)11-19(24)21(13,3)18(15)8-9-20(16,17)2/h10-11,15-18,24H,1,4-9H2,2-3H3/t15-,16+,17-,18-,20+,21-/m0/s1. The number of ketones is 2. The molecule has 0 unspecified atom stereocenters. The summed E-state index contributed by atoms with van der Waals surface area (Å²) in [5, 5.41) is 10.7. The molecular weight excluding hydrogens is 300 g/mol. The maximum Gasteiger partial charge on any atom is 0.181 e. The van der Waals surface area contributed by atoms with E-state index in [4.69, 9.17) is 0 Å². The van der Waals surface area contributed by atoms with Crippen molar-refractivity contribution >= 4 is 11.6 Å². The average Bonchev–Trinajstić information content (AvgIpc) is 2.86. The van der Waals surface area contributed by atoms with E-state index in [-0.39, 0.29) is 34.1 Å². The Bertz CT molecular complexity index is 673. The maximum absolute atomic E-state index is 12.0. The molecule has 0 aromatic rings. The molecule has 4 aliphatic carbocycles. The van der Waals surface area contributed by atoms with Crippen LogP contribution in [0.1, 0.15) is 52.4 Å². The van der Waals surface area contributed by atoms with Gasteiger partial charge < -0.3 is 5.11 Å². The van der Waals surface area contributed by atoms with Crippen molar-refractivity contribution in [3.05, 3.63) is 30.4 Å². The number of hydrogen-bond acceptors (Lipinski definition) is 3. The molecule has 4 rings (SSSR count). The monoisotopic (exact) mass is 327 g/mol. The molecule has 0 aromatic carbocycles. The summed E-state index contributed by atoms with van der Waals surface area (Å²) >= 11 is 0. The van der Waals surface area contributed by atoms with Crippen molar-refractivity contribution in [2.45, 2.75) is 52.4 Å². The fraction of sp³-hybridized carbons (Fsp3) is 0.667. The van der Waals surface area contributed by atoms with Gasteiger partial charge in [-0.05, 0) is 74.7 Å². The van der Waals surface area contributed by atoms with Crippen LogP contribution in [0, 0.1) is 41.4 Å². The summed E-state index contributed by atoms with van der Waals surface area (Å²) in [7, 11) is 0. The third-order valence-electron chi connectivity index (χ3n) is 8.11. The molecule has 129 valence electrons. The van der Waals surface area contributed by atoms with Crippen LogP contribution in [0.4, 0.5) is 0 Å². The van der Waals surface area contributed by atoms with E-state index in [1.54, 1.807) is 6.08 Å². The van der Waals surface area contributed by atoms with E-state index in [1.165, 1.54) is 6.08 Å². The maximum atomic E-state index is 12.0. The number of fused-ring (bicyclic) bond motifs is 5. The van der Waals surface area contributed by atoms with E-state index in [0.29, 0.717) is 17.8 Å². The number of carbonyl (C=O) groups is 2. The summed E-state index contributed by atoms with van der Waals surface area (Å²) in [6.45, 7) is 8.14. The molecule has 3 nitrogen and oxygen atoms in total. The fourth-order valence-electron chi connectivity index (χ4n) is 6.83. The van der Waals surface area contributed by atoms with Crippen LogP contribution in [0.2, 0.25) is 0 Å². The van der Waals surface area contributed by atoms with Crippen LogP contribution in [0.5, 0.6) is 0 Å². The largest absolute Gasteiger partial charge is 0.511 e. The van der Waals surface area contributed by atoms with E-state index in [9.17, 15) is 14.7 Å². The Hall–Kier alpha value is -1.38. The molecule has 0 heterocycles. The second kappa shape index (κ2) is 5.06. The fourth-order valence-corrected chi connectivity index (χ4v) is 6.83. The highest BCUT2D eigenvalue weighted by Gasteiger charge is 2.60. The average molecular weight is 327 g/mol. The minimum Gasteiger partial charge on any atom is -0.511 e. The zero-order chi connectivity index (χ0) is 17.3. The highest BCUT2D eigenvalue weighted by Crippen LogP contribution is 2.66. The first-order chi connectivity index (χ1) is 11.3. The van der Waals surface area contributed by atoms with Gasteiger partial charge in [0.15, 0.2) is 5.78 Å². The number of carbonyl (C=O) groups excluding carboxylic acids is 2. The van der Waals surface area contributed by atoms with Crippen molar-refractivity contribution in [3.63, 3.8) is 0 Å². The van der Waals surface area contributed by atoms with Gasteiger partial charge in [0, 0.05) is 24.3 Å². The van der Waals surface area contributed by atoms with Gasteiger partial charge in [0.2, 0.25) is 0 Å². The van der Waals surface area contributed by atoms with E-state index >= 15 is 0 Å². The molecule has 3 heteroatoms. The summed E-state index contributed by atoms with van der Waals surface area (Å²) in [6.07, 6.45) is 9.23. The molecule has 0 saturated heterocycles. The van der Waals surface area contributed by atoms with Crippen LogP contribution >= 0.6 is 0 Å². The predicted octanol–water partition coefficient (Wildman–Crippen LogP) is 4.20. The van der Waals surface area contributed by atoms with Crippen molar-refractivity contribution < 1.29 is 14.7 Å². The van der Waals surface area contributed by atoms with Crippen molar-refractivity contribution in [1.82, 2.24) is 0 Å². The van der Waals surface area contributed by atoms with Gasteiger partial charge in [0.1, 0.15) is 11.5 Å². The van der Waals surface area contributed by atoms with Crippen molar-refractivity contribution in [3.8, 4) is 0 Å². The molecule has 0 aromatic heterocycles. The number of allylic oxidation sites excluding steroid dienone is 3. The summed E-state index contributed by atoms with van der Waals surface area (Å²) in [6, 6.07) is 0. The van der Waals surface area contributed by atoms with Crippen LogP contribution in [0.15, 0.2) is 23.5 Å². The molecular formula is C21H27O3. The van der Waals surface area contributed by atoms with Crippen molar-refractivity contribution in [2.24, 2.45) is 34.5 Å². The van der Waals surface area contributed by atoms with Crippen molar-refractivity contribution in [2.75, 3.05) is 0 Å². The Labute approximate surface area is 144 Å². The van der Waals surface area contributed by atoms with Crippen LogP contribution in [0.25, 0.3) is 0 Å². The second-order valence-electron chi connectivity index (χ2n) is 8.86. The molecule has 0 bridgehead atoms. The number of Topliss-reactive ketones (excluding diaryl/α,β-unsaturated/α-hetero) is 1. The zero-order valence-corrected chi connectivity index (χ0v) is 14.7. The topological polar surface area (TPSA) is 54.4 Å². The Morgan fingerprint density at radius 3 is 2.62 bits per heavy atom. The Morgan fingerprint density at radius 2 is 1.92 bits per heavy atom. The Balaban J connectivity index is 1.71. The van der Waals surface area contributed by atoms with Crippen molar-refractivity contribution in [1.29, 1.82) is 0 Å². The minimum atomic E-state index is -0.384. The molecule has 6 atom stereocenters. The first-order valence-corrected chi connectivity index (χ1v) is 9.30. The number of hydrogen-bond donors (Lipinski definition) is 1. The normalized spacial score (nSPS) is 47.2. The lowest BCUT2D eigenvalue weighted by atomic mass is 9.47. The lowest BCUT2D eigenvalue weighted by Gasteiger charge is -2.57. The van der Waals surface area contributed by atoms with Gasteiger partial charge in [-0.2, -0.15) is 0 Å². The lowest BCUT2D eigenvalue weighted by Crippen LogP contribution is -2.51. The van der Waals surface area contributed by atoms with Gasteiger partial charge in [-0.1, -0.05) is 12.5 Å². The molecule has 0 spiro atoms. The Morgan fingerprint density at radius 1 is 1.17 bits per heavy atom. The quantitative estimate of drug-likeness (QED) is 0.785. The molecule has 3 fully saturated rings. The van der Waals surface area contributed by atoms with Crippen LogP contribution in [0.3, 0.4) is 0 Å². The summed E-state index contributed by atoms with van der Waals surface area (Å²) < 4.78 is 0. The molecule has 1 radical (unpaired) electrons. The summed E-state index contributed by atoms with van der Waals surface area (Å²) in [5.74, 6) is 1.82. The lowest BCUT2D eigenvalue weighted by molar-refractivity contribution is -0.125. The number of rotatable bonds is 1. The van der Waals surface area contributed by atoms with Gasteiger partial charge in [0.05, 0.1) is 0 Å². The van der Waals surface area contributed by atoms with E-state index in [0.717, 1.165) is 44.1 Å². The van der Waals surface area contributed by atoms with Gasteiger partial charge in [-0.25, -0.2) is 0 Å². The highest BCUT2D eigenvalue weighted by molar-refractivity contribution is 6.01. The van der Waals surface area contributed by atoms with Gasteiger partial charge in [-0.15, -0.1) is 0 Å². The molecule has 0 aliphatic heterocycles. The molecule has 24 heavy (non-hydrogen) atoms. The Kier molecular flexibility index (Phi) is 3.40. The number of aliphatic hydroxyl groups excluding tert-OH is 1. The van der Waals surface area contributed by atoms with E-state index in [2.05, 4.69) is 20.8 Å². The third kappa shape index (κ3) is 1.90. The van der Waals surface area contributed by atoms with E-state index < -0.39 is 0 Å². The molecule has 1 N–H and O–H groups in total. The molecule has 4 aliphatic rings. The van der Waals surface area contributed by atoms with Gasteiger partial charge >= 0.3 is 0 Å². The third-order valence-corrected chi connectivity index (χ3v) is 8.11. The van der Waals surface area contributed by atoms with Crippen LogP contribution < -0.4 is 0 Å². The summed E-state index contributed by atoms with van der Waals surface area (Å²) in [5.41, 5.74) is 0.798. The molecule has 0 amide bonds. The van der Waals surface area contributed by atoms with Crippen LogP contribution in [-0.2, 0) is 9.59 Å². The smallest absolute Gasteiger partial charge is 0.181 e. The van der Waals surface area contributed by atoms with Crippen LogP contribution in [-0.4, -0.2) is 16.7 Å². The predicted molar refractivity (Wildman–Crippen MR) is 92.0 cm³/mol. The first kappa shape index (κ1) is 16.1. The summed E-state index contributed by atoms with van der Waals surface area (Å²) in [4.78, 5) is 23.9. The SMILES string of the molecule is [CH2]C(=O)[C@H]1CC[C@H]2[C@@H]3CCC4=CC(=O)C=C(O)[C@]4(C)[C@H]3CC[C@]12C. The first-order valence-electron chi connectivity index (χ1n) is 9.30. The van der Waals surface area contributed by atoms with Gasteiger partial charge in [-0.3, -0.25) is 9.59 Å². The second-order valence-corrected chi connectivity index (χ2v) is 8.86. The minimum absolute atomic E-state index is 0.0708. The zero-order valence-electron chi connectivity index (χ0n) is 14.7. The highest BCUT2D eigenvalue weighted by atomic mass is 16.3. The van der Waals surface area contributed by atoms with Gasteiger partial charge in [0.25, 0.3) is 0 Å². The number of aliphatic hydroxyl groups is 1. The molecule has 3 saturated carbocycles.